The van der Waals surface area contributed by atoms with Gasteiger partial charge in [0.25, 0.3) is 0 Å². The molecule has 3 saturated carbocycles. The van der Waals surface area contributed by atoms with Crippen LogP contribution in [0.25, 0.3) is 69.1 Å². The molecule has 746 valence electrons. The lowest BCUT2D eigenvalue weighted by Gasteiger charge is -2.34. The fraction of sp³-hybridized carbons (Fsp3) is 0.495. The third kappa shape index (κ3) is 25.9. The van der Waals surface area contributed by atoms with Crippen LogP contribution in [-0.4, -0.2) is 283 Å². The van der Waals surface area contributed by atoms with Crippen molar-refractivity contribution in [3.05, 3.63) is 143 Å². The summed E-state index contributed by atoms with van der Waals surface area (Å²) in [5, 5.41) is 0.487. The molecular weight excluding hydrogens is 1880 g/mol. The molecule has 43 heteroatoms. The molecule has 1 unspecified atom stereocenters. The Hall–Kier alpha value is -11.4. The topological polar surface area (TPSA) is 481 Å². The van der Waals surface area contributed by atoms with E-state index in [9.17, 15) is 21.0 Å². The Balaban J connectivity index is 0.000000126. The molecule has 6 N–H and O–H groups in total. The standard InChI is InChI=1S/2C20H25N5O2S.3C19H26N6O2S/c2*1-4-28(3,26)24-18-12-19(25-10-11-27-13-14(25)2)23-20(22-18)16-8-9-21-17-7-5-6-15(16)17;3*1-12-8-14(9-16(20)21-12)19-22-17(24-28(3,26)15-4-5-15)10-18(23-19)25-6-7-27-11-13(25)2/h2*5-6,8-9,12,14H,4,7,10-11,13H2,1-3H3;3*8-10,13,15H,4-7,11H2,1-3H3,(H2,20,21)/t14-,28+;14-,28-;13-,28?;13-,28+;13-,28-/m11111/s1. The van der Waals surface area contributed by atoms with Crippen molar-refractivity contribution in [2.75, 3.05) is 183 Å². The third-order valence-corrected chi connectivity index (χ3v) is 35.3. The van der Waals surface area contributed by atoms with Gasteiger partial charge in [0.15, 0.2) is 58.2 Å². The molecule has 10 aromatic rings. The van der Waals surface area contributed by atoms with Crippen LogP contribution in [0.4, 0.5) is 75.6 Å². The summed E-state index contributed by atoms with van der Waals surface area (Å²) >= 11 is 0. The number of anilines is 8. The number of fused-ring (bicyclic) bond motifs is 2. The van der Waals surface area contributed by atoms with E-state index in [2.05, 4.69) is 155 Å². The first-order valence-corrected chi connectivity index (χ1v) is 57.8. The van der Waals surface area contributed by atoms with Gasteiger partial charge in [0.1, 0.15) is 46.5 Å². The van der Waals surface area contributed by atoms with Gasteiger partial charge in [-0.3, -0.25) is 9.97 Å². The van der Waals surface area contributed by atoms with Crippen LogP contribution in [0.5, 0.6) is 0 Å². The molecule has 5 aliphatic heterocycles. The zero-order valence-electron chi connectivity index (χ0n) is 82.3. The van der Waals surface area contributed by atoms with E-state index in [1.54, 1.807) is 61.9 Å². The van der Waals surface area contributed by atoms with Gasteiger partial charge < -0.3 is 65.4 Å². The van der Waals surface area contributed by atoms with E-state index in [0.717, 1.165) is 181 Å². The van der Waals surface area contributed by atoms with Gasteiger partial charge in [-0.2, -0.15) is 21.8 Å². The van der Waals surface area contributed by atoms with Crippen molar-refractivity contribution in [3.8, 4) is 56.9 Å². The van der Waals surface area contributed by atoms with Crippen LogP contribution in [-0.2, 0) is 85.2 Å². The fourth-order valence-corrected chi connectivity index (χ4v) is 23.1. The molecule has 140 heavy (non-hydrogen) atoms. The summed E-state index contributed by atoms with van der Waals surface area (Å²) in [4.78, 5) is 79.7. The zero-order chi connectivity index (χ0) is 99.1. The fourth-order valence-electron chi connectivity index (χ4n) is 17.0. The molecule has 38 nitrogen and oxygen atoms in total. The molecular formula is C97H128N28O10S5. The van der Waals surface area contributed by atoms with Crippen molar-refractivity contribution in [2.45, 2.75) is 167 Å². The summed E-state index contributed by atoms with van der Waals surface area (Å²) in [6.45, 7) is 30.1. The lowest BCUT2D eigenvalue weighted by Crippen LogP contribution is -2.44. The number of morpholine rings is 5. The van der Waals surface area contributed by atoms with Crippen molar-refractivity contribution in [2.24, 2.45) is 21.8 Å². The minimum absolute atomic E-state index is 0.162. The number of aromatic nitrogens is 15. The van der Waals surface area contributed by atoms with E-state index < -0.39 is 48.6 Å². The quantitative estimate of drug-likeness (QED) is 0.0638. The molecule has 15 heterocycles. The molecule has 0 amide bonds. The van der Waals surface area contributed by atoms with Crippen LogP contribution >= 0.6 is 0 Å². The molecule has 0 aromatic carbocycles. The van der Waals surface area contributed by atoms with Gasteiger partial charge in [-0.05, 0) is 142 Å². The monoisotopic (exact) mass is 2000 g/mol. The van der Waals surface area contributed by atoms with Crippen molar-refractivity contribution in [3.63, 3.8) is 0 Å². The van der Waals surface area contributed by atoms with E-state index in [0.29, 0.717) is 153 Å². The lowest BCUT2D eigenvalue weighted by molar-refractivity contribution is 0.0985. The minimum atomic E-state index is -2.33. The third-order valence-electron chi connectivity index (χ3n) is 25.2. The second kappa shape index (κ2) is 43.6. The summed E-state index contributed by atoms with van der Waals surface area (Å²) in [6, 6.07) is 24.9. The first-order valence-electron chi connectivity index (χ1n) is 47.6. The Bertz CT molecular complexity index is 6420. The number of nitrogens with two attached hydrogens (primary N) is 3. The molecule has 0 radical (unpaired) electrons. The molecule has 8 fully saturated rings. The number of aryl methyl sites for hydroxylation is 3. The van der Waals surface area contributed by atoms with Crippen molar-refractivity contribution >= 4 is 136 Å². The Morgan fingerprint density at radius 2 is 0.593 bits per heavy atom. The van der Waals surface area contributed by atoms with Gasteiger partial charge in [0, 0.05) is 203 Å². The number of ether oxygens (including phenoxy) is 5. The van der Waals surface area contributed by atoms with Gasteiger partial charge in [0.2, 0.25) is 0 Å². The highest BCUT2D eigenvalue weighted by Gasteiger charge is 2.36. The molecule has 10 atom stereocenters. The van der Waals surface area contributed by atoms with Crippen molar-refractivity contribution < 1.29 is 44.7 Å². The molecule has 0 bridgehead atoms. The highest BCUT2D eigenvalue weighted by Crippen LogP contribution is 2.41. The number of pyridine rings is 5. The minimum Gasteiger partial charge on any atom is -0.384 e. The molecule has 10 aromatic heterocycles. The van der Waals surface area contributed by atoms with Crippen LogP contribution in [0.2, 0.25) is 0 Å². The second-order valence-corrected chi connectivity index (χ2v) is 50.2. The molecule has 0 spiro atoms. The largest absolute Gasteiger partial charge is 0.384 e. The predicted octanol–water partition coefficient (Wildman–Crippen LogP) is 13.8. The SMILES string of the molecule is CC[S@@](C)(=O)=Nc1cc(N2CCOC[C@H]2C)nc(-c2ccnc3c2C=CC3)n1.CC[S@](C)(=O)=Nc1cc(N2CCOC[C@H]2C)nc(-c2ccnc3c2C=CC3)n1.Cc1cc(-c2nc(N=S(C)(=O)C3CC3)cc(N3CCOC[C@H]3C)n2)cc(N)n1.Cc1cc(-c2nc(N=[S@@](C)(=O)C3CC3)cc(N3CCOC[C@H]3C)n2)cc(N)n1.Cc1cc(-c2nc(N=[S@](C)(=O)C3CC3)cc(N3CCOC[C@H]3C)n2)cc(N)n1. The van der Waals surface area contributed by atoms with Gasteiger partial charge in [-0.1, -0.05) is 38.2 Å². The maximum Gasteiger partial charge on any atom is 0.167 e. The molecule has 10 aliphatic rings. The summed E-state index contributed by atoms with van der Waals surface area (Å²) in [7, 11) is -11.6. The van der Waals surface area contributed by atoms with E-state index in [4.69, 9.17) is 65.8 Å². The van der Waals surface area contributed by atoms with Crippen LogP contribution < -0.4 is 41.7 Å². The number of nitrogen functional groups attached to an aromatic ring is 3. The Labute approximate surface area is 822 Å². The Kier molecular flexibility index (Phi) is 31.6. The maximum atomic E-state index is 12.9. The number of hydrogen-bond donors (Lipinski definition) is 3. The molecule has 20 rings (SSSR count). The first-order chi connectivity index (χ1) is 66.9. The van der Waals surface area contributed by atoms with E-state index in [-0.39, 0.29) is 46.0 Å². The van der Waals surface area contributed by atoms with Gasteiger partial charge in [-0.15, -0.1) is 0 Å². The van der Waals surface area contributed by atoms with Crippen molar-refractivity contribution in [1.29, 1.82) is 0 Å². The first kappa shape index (κ1) is 102. The molecule has 5 aliphatic carbocycles. The van der Waals surface area contributed by atoms with Crippen molar-refractivity contribution in [1.82, 2.24) is 74.8 Å². The Morgan fingerprint density at radius 1 is 0.343 bits per heavy atom. The highest BCUT2D eigenvalue weighted by molar-refractivity contribution is 7.94. The Morgan fingerprint density at radius 3 is 0.836 bits per heavy atom. The van der Waals surface area contributed by atoms with Gasteiger partial charge in [-0.25, -0.2) is 85.8 Å². The average Bonchev–Trinajstić information content (AvgIpc) is 1.65. The second-order valence-electron chi connectivity index (χ2n) is 37.2. The number of allylic oxidation sites excluding steroid dienone is 2. The van der Waals surface area contributed by atoms with Gasteiger partial charge in [0.05, 0.1) is 156 Å². The van der Waals surface area contributed by atoms with E-state index in [1.165, 1.54) is 0 Å². The van der Waals surface area contributed by atoms with Gasteiger partial charge >= 0.3 is 0 Å². The van der Waals surface area contributed by atoms with E-state index in [1.807, 2.05) is 95.3 Å². The average molecular weight is 2010 g/mol. The maximum absolute atomic E-state index is 12.9. The summed E-state index contributed by atoms with van der Waals surface area (Å²) < 4.78 is 114. The lowest BCUT2D eigenvalue weighted by atomic mass is 10.1. The highest BCUT2D eigenvalue weighted by atomic mass is 32.2. The summed E-state index contributed by atoms with van der Waals surface area (Å²) in [5.74, 6) is 11.1. The summed E-state index contributed by atoms with van der Waals surface area (Å²) in [5.41, 5.74) is 28.5. The zero-order valence-corrected chi connectivity index (χ0v) is 86.4. The number of rotatable bonds is 20. The van der Waals surface area contributed by atoms with Crippen LogP contribution in [0.3, 0.4) is 0 Å². The van der Waals surface area contributed by atoms with Crippen LogP contribution in [0.1, 0.15) is 127 Å². The van der Waals surface area contributed by atoms with E-state index >= 15 is 0 Å². The summed E-state index contributed by atoms with van der Waals surface area (Å²) in [6.07, 6.45) is 27.8. The number of nitrogens with zero attached hydrogens (tertiary/aromatic N) is 25. The van der Waals surface area contributed by atoms with Crippen LogP contribution in [0.15, 0.2) is 125 Å². The predicted molar refractivity (Wildman–Crippen MR) is 558 cm³/mol. The number of hydrogen-bond acceptors (Lipinski definition) is 38. The normalized spacial score (nSPS) is 21.4. The van der Waals surface area contributed by atoms with Crippen LogP contribution in [0, 0.1) is 20.8 Å². The molecule has 5 saturated heterocycles. The smallest absolute Gasteiger partial charge is 0.167 e.